The Morgan fingerprint density at radius 1 is 0.842 bits per heavy atom. The van der Waals surface area contributed by atoms with Gasteiger partial charge in [-0.15, -0.1) is 0 Å². The van der Waals surface area contributed by atoms with E-state index in [2.05, 4.69) is 53.8 Å². The van der Waals surface area contributed by atoms with Crippen LogP contribution in [0.3, 0.4) is 0 Å². The van der Waals surface area contributed by atoms with E-state index in [1.165, 1.54) is 29.5 Å². The summed E-state index contributed by atoms with van der Waals surface area (Å²) in [4.78, 5) is 0. The van der Waals surface area contributed by atoms with Crippen LogP contribution < -0.4 is 5.32 Å². The molecule has 2 aliphatic rings. The molecule has 2 aromatic carbocycles. The Kier molecular flexibility index (Phi) is 2.66. The van der Waals surface area contributed by atoms with Gasteiger partial charge < -0.3 is 5.32 Å². The third-order valence-corrected chi connectivity index (χ3v) is 4.44. The number of hydrogen-bond acceptors (Lipinski definition) is 1. The Labute approximate surface area is 114 Å². The molecule has 0 saturated heterocycles. The molecule has 1 aliphatic carbocycles. The Morgan fingerprint density at radius 2 is 1.68 bits per heavy atom. The minimum Gasteiger partial charge on any atom is -0.306 e. The maximum Gasteiger partial charge on any atom is 0.0363 e. The minimum atomic E-state index is 0.473. The van der Waals surface area contributed by atoms with Gasteiger partial charge in [-0.3, -0.25) is 0 Å². The molecule has 1 heterocycles. The van der Waals surface area contributed by atoms with Crippen LogP contribution in [-0.4, -0.2) is 0 Å². The maximum absolute atomic E-state index is 3.68. The zero-order valence-corrected chi connectivity index (χ0v) is 11.1. The van der Waals surface area contributed by atoms with Gasteiger partial charge in [0.1, 0.15) is 0 Å². The van der Waals surface area contributed by atoms with Gasteiger partial charge >= 0.3 is 0 Å². The largest absolute Gasteiger partial charge is 0.306 e. The summed E-state index contributed by atoms with van der Waals surface area (Å²) >= 11 is 0. The lowest BCUT2D eigenvalue weighted by molar-refractivity contribution is 0.498. The Hall–Kier alpha value is -1.60. The van der Waals surface area contributed by atoms with Crippen LogP contribution in [0, 0.1) is 0 Å². The molecule has 0 aromatic heterocycles. The van der Waals surface area contributed by atoms with Gasteiger partial charge in [-0.25, -0.2) is 0 Å². The van der Waals surface area contributed by atoms with Gasteiger partial charge in [0.25, 0.3) is 0 Å². The SMILES string of the molecule is c1ccc(C2Cc3ccc(C4CC4)cc3CN2)cc1. The molecule has 1 heteroatoms. The smallest absolute Gasteiger partial charge is 0.0363 e. The molecule has 1 fully saturated rings. The van der Waals surface area contributed by atoms with Crippen molar-refractivity contribution in [2.24, 2.45) is 0 Å². The van der Waals surface area contributed by atoms with Gasteiger partial charge in [0.2, 0.25) is 0 Å². The molecule has 4 rings (SSSR count). The first-order valence-electron chi connectivity index (χ1n) is 7.30. The van der Waals surface area contributed by atoms with Gasteiger partial charge in [0, 0.05) is 12.6 Å². The third kappa shape index (κ3) is 2.19. The molecule has 0 bridgehead atoms. The molecule has 0 spiro atoms. The number of rotatable bonds is 2. The van der Waals surface area contributed by atoms with Crippen molar-refractivity contribution >= 4 is 0 Å². The molecule has 1 unspecified atom stereocenters. The second-order valence-corrected chi connectivity index (χ2v) is 5.85. The quantitative estimate of drug-likeness (QED) is 0.849. The van der Waals surface area contributed by atoms with Crippen molar-refractivity contribution in [2.45, 2.75) is 37.8 Å². The molecule has 0 radical (unpaired) electrons. The highest BCUT2D eigenvalue weighted by molar-refractivity contribution is 5.38. The van der Waals surface area contributed by atoms with Crippen molar-refractivity contribution in [1.82, 2.24) is 5.32 Å². The lowest BCUT2D eigenvalue weighted by Crippen LogP contribution is -2.28. The molecular weight excluding hydrogens is 230 g/mol. The molecule has 19 heavy (non-hydrogen) atoms. The third-order valence-electron chi connectivity index (χ3n) is 4.44. The van der Waals surface area contributed by atoms with Crippen molar-refractivity contribution in [3.8, 4) is 0 Å². The van der Waals surface area contributed by atoms with E-state index in [-0.39, 0.29) is 0 Å². The van der Waals surface area contributed by atoms with Crippen molar-refractivity contribution in [2.75, 3.05) is 0 Å². The highest BCUT2D eigenvalue weighted by Crippen LogP contribution is 2.41. The summed E-state index contributed by atoms with van der Waals surface area (Å²) in [6.45, 7) is 1.01. The number of fused-ring (bicyclic) bond motifs is 1. The highest BCUT2D eigenvalue weighted by atomic mass is 14.9. The zero-order chi connectivity index (χ0) is 12.7. The van der Waals surface area contributed by atoms with Crippen LogP contribution in [0.15, 0.2) is 48.5 Å². The molecule has 1 aliphatic heterocycles. The van der Waals surface area contributed by atoms with Crippen LogP contribution >= 0.6 is 0 Å². The molecule has 1 nitrogen and oxygen atoms in total. The van der Waals surface area contributed by atoms with E-state index in [0.717, 1.165) is 18.9 Å². The van der Waals surface area contributed by atoms with Crippen molar-refractivity contribution in [3.63, 3.8) is 0 Å². The number of benzene rings is 2. The average molecular weight is 249 g/mol. The van der Waals surface area contributed by atoms with E-state index in [1.54, 1.807) is 5.56 Å². The Morgan fingerprint density at radius 3 is 2.47 bits per heavy atom. The van der Waals surface area contributed by atoms with Gasteiger partial charge in [0.15, 0.2) is 0 Å². The topological polar surface area (TPSA) is 12.0 Å². The van der Waals surface area contributed by atoms with Crippen LogP contribution in [0.4, 0.5) is 0 Å². The van der Waals surface area contributed by atoms with Crippen LogP contribution in [0.1, 0.15) is 47.1 Å². The van der Waals surface area contributed by atoms with Gasteiger partial charge in [0.05, 0.1) is 0 Å². The van der Waals surface area contributed by atoms with Crippen LogP contribution in [0.5, 0.6) is 0 Å². The summed E-state index contributed by atoms with van der Waals surface area (Å²) in [6.07, 6.45) is 3.89. The van der Waals surface area contributed by atoms with E-state index in [4.69, 9.17) is 0 Å². The molecule has 96 valence electrons. The molecule has 1 saturated carbocycles. The minimum absolute atomic E-state index is 0.473. The van der Waals surface area contributed by atoms with Crippen LogP contribution in [-0.2, 0) is 13.0 Å². The van der Waals surface area contributed by atoms with Crippen molar-refractivity contribution in [1.29, 1.82) is 0 Å². The van der Waals surface area contributed by atoms with Gasteiger partial charge in [-0.1, -0.05) is 48.5 Å². The summed E-state index contributed by atoms with van der Waals surface area (Å²) in [5.41, 5.74) is 5.99. The van der Waals surface area contributed by atoms with E-state index < -0.39 is 0 Å². The first kappa shape index (κ1) is 11.2. The van der Waals surface area contributed by atoms with Crippen LogP contribution in [0.25, 0.3) is 0 Å². The van der Waals surface area contributed by atoms with E-state index in [0.29, 0.717) is 6.04 Å². The first-order chi connectivity index (χ1) is 9.40. The average Bonchev–Trinajstić information content (AvgIpc) is 3.32. The fraction of sp³-hybridized carbons (Fsp3) is 0.333. The summed E-state index contributed by atoms with van der Waals surface area (Å²) in [5.74, 6) is 0.858. The summed E-state index contributed by atoms with van der Waals surface area (Å²) < 4.78 is 0. The lowest BCUT2D eigenvalue weighted by atomic mass is 9.90. The lowest BCUT2D eigenvalue weighted by Gasteiger charge is -2.27. The molecule has 2 aromatic rings. The maximum atomic E-state index is 3.68. The molecular formula is C18H19N. The first-order valence-corrected chi connectivity index (χ1v) is 7.30. The fourth-order valence-corrected chi connectivity index (χ4v) is 3.13. The summed E-state index contributed by atoms with van der Waals surface area (Å²) in [5, 5.41) is 3.68. The molecule has 0 amide bonds. The second-order valence-electron chi connectivity index (χ2n) is 5.85. The zero-order valence-electron chi connectivity index (χ0n) is 11.1. The predicted octanol–water partition coefficient (Wildman–Crippen LogP) is 3.95. The fourth-order valence-electron chi connectivity index (χ4n) is 3.13. The van der Waals surface area contributed by atoms with Gasteiger partial charge in [-0.05, 0) is 47.4 Å². The van der Waals surface area contributed by atoms with Gasteiger partial charge in [-0.2, -0.15) is 0 Å². The van der Waals surface area contributed by atoms with Crippen molar-refractivity contribution in [3.05, 3.63) is 70.8 Å². The van der Waals surface area contributed by atoms with Crippen LogP contribution in [0.2, 0.25) is 0 Å². The standard InChI is InChI=1S/C18H19N/c1-2-4-14(5-3-1)18-11-16-9-8-15(13-6-7-13)10-17(16)12-19-18/h1-5,8-10,13,18-19H,6-7,11-12H2. The highest BCUT2D eigenvalue weighted by Gasteiger charge is 2.25. The van der Waals surface area contributed by atoms with E-state index >= 15 is 0 Å². The second kappa shape index (κ2) is 4.50. The molecule has 1 N–H and O–H groups in total. The van der Waals surface area contributed by atoms with Crippen molar-refractivity contribution < 1.29 is 0 Å². The monoisotopic (exact) mass is 249 g/mol. The Balaban J connectivity index is 1.60. The Bertz CT molecular complexity index is 584. The summed E-state index contributed by atoms with van der Waals surface area (Å²) in [7, 11) is 0. The molecule has 1 atom stereocenters. The number of hydrogen-bond donors (Lipinski definition) is 1. The van der Waals surface area contributed by atoms with E-state index in [1.807, 2.05) is 0 Å². The predicted molar refractivity (Wildman–Crippen MR) is 78.1 cm³/mol. The number of nitrogens with one attached hydrogen (secondary N) is 1. The summed E-state index contributed by atoms with van der Waals surface area (Å²) in [6, 6.07) is 18.4. The normalized spacial score (nSPS) is 22.0. The van der Waals surface area contributed by atoms with E-state index in [9.17, 15) is 0 Å².